The molecule has 0 heterocycles. The number of nitrogens with one attached hydrogen (secondary N) is 1. The first-order valence-corrected chi connectivity index (χ1v) is 8.64. The number of carbonyl (C=O) groups is 3. The fourth-order valence-electron chi connectivity index (χ4n) is 2.45. The molecule has 2 aromatic carbocycles. The number of Topliss-reactive ketones (excluding diaryl/α,β-unsaturated/α-hetero) is 1. The van der Waals surface area contributed by atoms with Crippen LogP contribution in [0.3, 0.4) is 0 Å². The first-order chi connectivity index (χ1) is 12.9. The van der Waals surface area contributed by atoms with E-state index in [4.69, 9.17) is 9.47 Å². The Kier molecular flexibility index (Phi) is 7.11. The van der Waals surface area contributed by atoms with Crippen molar-refractivity contribution >= 4 is 23.3 Å². The van der Waals surface area contributed by atoms with Gasteiger partial charge in [0.25, 0.3) is 5.91 Å². The lowest BCUT2D eigenvalue weighted by Gasteiger charge is -2.15. The molecular weight excluding hydrogens is 346 g/mol. The van der Waals surface area contributed by atoms with Gasteiger partial charge in [-0.1, -0.05) is 36.4 Å². The average Bonchev–Trinajstić information content (AvgIpc) is 2.67. The van der Waals surface area contributed by atoms with E-state index >= 15 is 0 Å². The molecule has 142 valence electrons. The number of ketones is 1. The summed E-state index contributed by atoms with van der Waals surface area (Å²) in [4.78, 5) is 36.2. The van der Waals surface area contributed by atoms with E-state index in [0.717, 1.165) is 5.56 Å². The number of benzene rings is 2. The van der Waals surface area contributed by atoms with Crippen molar-refractivity contribution in [2.45, 2.75) is 32.8 Å². The Bertz CT molecular complexity index is 817. The normalized spacial score (nSPS) is 11.4. The van der Waals surface area contributed by atoms with Gasteiger partial charge in [-0.05, 0) is 31.5 Å². The number of hydrogen-bond donors (Lipinski definition) is 1. The first-order valence-electron chi connectivity index (χ1n) is 8.64. The molecule has 0 fully saturated rings. The minimum Gasteiger partial charge on any atom is -0.495 e. The number of rotatable bonds is 8. The molecule has 0 saturated heterocycles. The zero-order valence-corrected chi connectivity index (χ0v) is 15.7. The fraction of sp³-hybridized carbons (Fsp3) is 0.286. The molecule has 0 aliphatic rings. The molecule has 6 heteroatoms. The highest BCUT2D eigenvalue weighted by atomic mass is 16.5. The summed E-state index contributed by atoms with van der Waals surface area (Å²) < 4.78 is 10.3. The van der Waals surface area contributed by atoms with Gasteiger partial charge in [-0.15, -0.1) is 0 Å². The summed E-state index contributed by atoms with van der Waals surface area (Å²) in [6, 6.07) is 14.1. The zero-order valence-electron chi connectivity index (χ0n) is 15.7. The van der Waals surface area contributed by atoms with Crippen LogP contribution in [0.2, 0.25) is 0 Å². The summed E-state index contributed by atoms with van der Waals surface area (Å²) >= 11 is 0. The second kappa shape index (κ2) is 9.52. The Hall–Kier alpha value is -3.15. The lowest BCUT2D eigenvalue weighted by Crippen LogP contribution is -2.30. The van der Waals surface area contributed by atoms with Crippen molar-refractivity contribution < 1.29 is 23.9 Å². The van der Waals surface area contributed by atoms with E-state index in [1.807, 2.05) is 19.1 Å². The van der Waals surface area contributed by atoms with Gasteiger partial charge in [0, 0.05) is 12.0 Å². The second-order valence-corrected chi connectivity index (χ2v) is 6.11. The summed E-state index contributed by atoms with van der Waals surface area (Å²) in [6.45, 7) is 3.37. The number of esters is 1. The zero-order chi connectivity index (χ0) is 19.8. The Morgan fingerprint density at radius 1 is 1.04 bits per heavy atom. The van der Waals surface area contributed by atoms with Gasteiger partial charge >= 0.3 is 5.97 Å². The van der Waals surface area contributed by atoms with E-state index in [1.165, 1.54) is 14.0 Å². The van der Waals surface area contributed by atoms with Gasteiger partial charge in [0.2, 0.25) is 0 Å². The predicted octanol–water partition coefficient (Wildman–Crippen LogP) is 3.54. The lowest BCUT2D eigenvalue weighted by molar-refractivity contribution is -0.153. The van der Waals surface area contributed by atoms with Crippen LogP contribution in [0.1, 0.15) is 35.7 Å². The maximum absolute atomic E-state index is 12.3. The highest BCUT2D eigenvalue weighted by Crippen LogP contribution is 2.25. The molecule has 0 radical (unpaired) electrons. The van der Waals surface area contributed by atoms with E-state index in [1.54, 1.807) is 36.4 Å². The maximum atomic E-state index is 12.3. The lowest BCUT2D eigenvalue weighted by atomic mass is 10.1. The van der Waals surface area contributed by atoms with Crippen molar-refractivity contribution in [3.8, 4) is 5.75 Å². The quantitative estimate of drug-likeness (QED) is 0.568. The molecule has 1 atom stereocenters. The van der Waals surface area contributed by atoms with E-state index in [-0.39, 0.29) is 18.6 Å². The van der Waals surface area contributed by atoms with Crippen LogP contribution in [0.15, 0.2) is 48.5 Å². The van der Waals surface area contributed by atoms with Gasteiger partial charge < -0.3 is 14.8 Å². The van der Waals surface area contributed by atoms with Crippen LogP contribution >= 0.6 is 0 Å². The number of aryl methyl sites for hydroxylation is 1. The molecule has 0 bridgehead atoms. The third-order valence-electron chi connectivity index (χ3n) is 3.94. The van der Waals surface area contributed by atoms with Crippen molar-refractivity contribution in [2.24, 2.45) is 0 Å². The Morgan fingerprint density at radius 2 is 1.74 bits per heavy atom. The summed E-state index contributed by atoms with van der Waals surface area (Å²) in [6.07, 6.45) is -1.04. The third kappa shape index (κ3) is 5.95. The van der Waals surface area contributed by atoms with Gasteiger partial charge in [-0.25, -0.2) is 0 Å². The number of carbonyl (C=O) groups excluding carboxylic acids is 3. The fourth-order valence-corrected chi connectivity index (χ4v) is 2.45. The maximum Gasteiger partial charge on any atom is 0.307 e. The van der Waals surface area contributed by atoms with Crippen LogP contribution in [0.5, 0.6) is 5.75 Å². The van der Waals surface area contributed by atoms with Gasteiger partial charge in [-0.3, -0.25) is 14.4 Å². The summed E-state index contributed by atoms with van der Waals surface area (Å²) in [5, 5.41) is 2.69. The third-order valence-corrected chi connectivity index (χ3v) is 3.94. The van der Waals surface area contributed by atoms with Crippen LogP contribution in [-0.2, 0) is 14.3 Å². The summed E-state index contributed by atoms with van der Waals surface area (Å²) in [5.41, 5.74) is 2.00. The molecule has 0 aliphatic carbocycles. The minimum absolute atomic E-state index is 0.0306. The molecule has 0 spiro atoms. The Morgan fingerprint density at radius 3 is 2.41 bits per heavy atom. The van der Waals surface area contributed by atoms with Crippen LogP contribution in [0.25, 0.3) is 0 Å². The second-order valence-electron chi connectivity index (χ2n) is 6.11. The number of hydrogen-bond acceptors (Lipinski definition) is 5. The van der Waals surface area contributed by atoms with Crippen molar-refractivity contribution in [1.82, 2.24) is 0 Å². The highest BCUT2D eigenvalue weighted by molar-refractivity contribution is 5.98. The molecule has 0 aromatic heterocycles. The summed E-state index contributed by atoms with van der Waals surface area (Å²) in [7, 11) is 1.51. The smallest absolute Gasteiger partial charge is 0.307 e. The van der Waals surface area contributed by atoms with Crippen molar-refractivity contribution in [1.29, 1.82) is 0 Å². The standard InChI is InChI=1S/C21H23NO5/c1-14-9-11-19(26-3)17(13-14)22-21(25)15(2)27-20(24)12-10-18(23)16-7-5-4-6-8-16/h4-9,11,13,15H,10,12H2,1-3H3,(H,22,25)/t15-/m1/s1. The van der Waals surface area contributed by atoms with Crippen LogP contribution in [0, 0.1) is 6.92 Å². The first kappa shape index (κ1) is 20.2. The van der Waals surface area contributed by atoms with Crippen molar-refractivity contribution in [2.75, 3.05) is 12.4 Å². The topological polar surface area (TPSA) is 81.7 Å². The monoisotopic (exact) mass is 369 g/mol. The van der Waals surface area contributed by atoms with Gasteiger partial charge in [-0.2, -0.15) is 0 Å². The van der Waals surface area contributed by atoms with Crippen LogP contribution < -0.4 is 10.1 Å². The highest BCUT2D eigenvalue weighted by Gasteiger charge is 2.20. The molecule has 27 heavy (non-hydrogen) atoms. The van der Waals surface area contributed by atoms with E-state index in [0.29, 0.717) is 17.0 Å². The SMILES string of the molecule is COc1ccc(C)cc1NC(=O)[C@@H](C)OC(=O)CCC(=O)c1ccccc1. The Balaban J connectivity index is 1.86. The van der Waals surface area contributed by atoms with E-state index < -0.39 is 18.0 Å². The molecule has 6 nitrogen and oxygen atoms in total. The number of amides is 1. The van der Waals surface area contributed by atoms with Gasteiger partial charge in [0.05, 0.1) is 19.2 Å². The van der Waals surface area contributed by atoms with E-state index in [9.17, 15) is 14.4 Å². The molecule has 2 rings (SSSR count). The predicted molar refractivity (Wildman–Crippen MR) is 102 cm³/mol. The van der Waals surface area contributed by atoms with Crippen molar-refractivity contribution in [3.63, 3.8) is 0 Å². The largest absolute Gasteiger partial charge is 0.495 e. The van der Waals surface area contributed by atoms with Gasteiger partial charge in [0.15, 0.2) is 11.9 Å². The molecule has 0 aliphatic heterocycles. The molecular formula is C21H23NO5. The minimum atomic E-state index is -0.991. The molecule has 0 saturated carbocycles. The van der Waals surface area contributed by atoms with Gasteiger partial charge in [0.1, 0.15) is 5.75 Å². The summed E-state index contributed by atoms with van der Waals surface area (Å²) in [5.74, 6) is -0.699. The number of ether oxygens (including phenoxy) is 2. The molecule has 2 aromatic rings. The number of anilines is 1. The Labute approximate surface area is 158 Å². The average molecular weight is 369 g/mol. The van der Waals surface area contributed by atoms with Crippen molar-refractivity contribution in [3.05, 3.63) is 59.7 Å². The number of methoxy groups -OCH3 is 1. The molecule has 1 amide bonds. The molecule has 1 N–H and O–H groups in total. The van der Waals surface area contributed by atoms with Crippen LogP contribution in [-0.4, -0.2) is 30.9 Å². The molecule has 0 unspecified atom stereocenters. The van der Waals surface area contributed by atoms with E-state index in [2.05, 4.69) is 5.32 Å². The van der Waals surface area contributed by atoms with Crippen LogP contribution in [0.4, 0.5) is 5.69 Å².